The molecule has 0 aliphatic heterocycles. The third kappa shape index (κ3) is 3.84. The van der Waals surface area contributed by atoms with E-state index < -0.39 is 0 Å². The van der Waals surface area contributed by atoms with Crippen LogP contribution in [0, 0.1) is 6.92 Å². The smallest absolute Gasteiger partial charge is 0.260 e. The van der Waals surface area contributed by atoms with Crippen LogP contribution < -0.4 is 14.4 Å². The maximum Gasteiger partial charge on any atom is 0.260 e. The summed E-state index contributed by atoms with van der Waals surface area (Å²) in [6.07, 6.45) is 1.72. The molecule has 0 saturated carbocycles. The summed E-state index contributed by atoms with van der Waals surface area (Å²) in [5.74, 6) is 1.18. The molecule has 30 heavy (non-hydrogen) atoms. The topological polar surface area (TPSA) is 64.6 Å². The largest absolute Gasteiger partial charge is 0.495 e. The summed E-state index contributed by atoms with van der Waals surface area (Å²) in [6, 6.07) is 16.8. The normalized spacial score (nSPS) is 10.8. The van der Waals surface area contributed by atoms with Gasteiger partial charge in [0.2, 0.25) is 0 Å². The van der Waals surface area contributed by atoms with Gasteiger partial charge in [0, 0.05) is 11.8 Å². The first-order chi connectivity index (χ1) is 14.6. The Bertz CT molecular complexity index is 1130. The third-order valence-corrected chi connectivity index (χ3v) is 5.81. The van der Waals surface area contributed by atoms with E-state index in [1.54, 1.807) is 25.3 Å². The molecule has 6 nitrogen and oxygen atoms in total. The number of ether oxygens (including phenoxy) is 2. The standard InChI is InChI=1S/C23H21N3O3S/c1-15-7-9-16(10-8-15)22(27)26(14-17-6-4-5-13-24-17)23-25-20-18(28-2)11-12-19(29-3)21(20)30-23/h4-13H,14H2,1-3H3. The van der Waals surface area contributed by atoms with Gasteiger partial charge in [-0.25, -0.2) is 4.98 Å². The number of aryl methyl sites for hydroxylation is 1. The Hall–Kier alpha value is -3.45. The van der Waals surface area contributed by atoms with Gasteiger partial charge in [0.1, 0.15) is 21.7 Å². The zero-order valence-electron chi connectivity index (χ0n) is 17.0. The van der Waals surface area contributed by atoms with Crippen molar-refractivity contribution in [1.29, 1.82) is 0 Å². The zero-order chi connectivity index (χ0) is 21.1. The maximum absolute atomic E-state index is 13.4. The summed E-state index contributed by atoms with van der Waals surface area (Å²) in [4.78, 5) is 24.2. The fraction of sp³-hybridized carbons (Fsp3) is 0.174. The van der Waals surface area contributed by atoms with Gasteiger partial charge in [0.05, 0.1) is 26.5 Å². The summed E-state index contributed by atoms with van der Waals surface area (Å²) in [7, 11) is 3.22. The van der Waals surface area contributed by atoms with Crippen LogP contribution in [0.2, 0.25) is 0 Å². The molecule has 0 saturated heterocycles. The minimum Gasteiger partial charge on any atom is -0.495 e. The van der Waals surface area contributed by atoms with Gasteiger partial charge in [-0.1, -0.05) is 35.1 Å². The van der Waals surface area contributed by atoms with Crippen LogP contribution in [0.5, 0.6) is 11.5 Å². The fourth-order valence-corrected chi connectivity index (χ4v) is 4.19. The Morgan fingerprint density at radius 1 is 1.00 bits per heavy atom. The van der Waals surface area contributed by atoms with Gasteiger partial charge < -0.3 is 9.47 Å². The second-order valence-electron chi connectivity index (χ2n) is 6.72. The number of carbonyl (C=O) groups is 1. The number of aromatic nitrogens is 2. The Morgan fingerprint density at radius 2 is 1.73 bits per heavy atom. The van der Waals surface area contributed by atoms with E-state index in [0.717, 1.165) is 16.0 Å². The van der Waals surface area contributed by atoms with Crippen molar-refractivity contribution in [3.8, 4) is 11.5 Å². The van der Waals surface area contributed by atoms with E-state index in [4.69, 9.17) is 14.5 Å². The second-order valence-corrected chi connectivity index (χ2v) is 7.70. The molecule has 2 aromatic heterocycles. The molecule has 0 atom stereocenters. The zero-order valence-corrected chi connectivity index (χ0v) is 17.8. The molecule has 0 aliphatic rings. The number of pyridine rings is 1. The molecule has 4 rings (SSSR count). The maximum atomic E-state index is 13.4. The van der Waals surface area contributed by atoms with E-state index in [9.17, 15) is 4.79 Å². The predicted molar refractivity (Wildman–Crippen MR) is 119 cm³/mol. The van der Waals surface area contributed by atoms with Crippen molar-refractivity contribution in [1.82, 2.24) is 9.97 Å². The third-order valence-electron chi connectivity index (χ3n) is 4.72. The lowest BCUT2D eigenvalue weighted by atomic mass is 10.1. The quantitative estimate of drug-likeness (QED) is 0.446. The van der Waals surface area contributed by atoms with E-state index in [2.05, 4.69) is 4.98 Å². The Kier molecular flexibility index (Phi) is 5.63. The van der Waals surface area contributed by atoms with Gasteiger partial charge in [-0.05, 0) is 43.3 Å². The molecule has 1 amide bonds. The van der Waals surface area contributed by atoms with Gasteiger partial charge in [-0.3, -0.25) is 14.7 Å². The average Bonchev–Trinajstić information content (AvgIpc) is 3.23. The van der Waals surface area contributed by atoms with E-state index in [1.807, 2.05) is 61.5 Å². The van der Waals surface area contributed by atoms with Gasteiger partial charge in [0.15, 0.2) is 5.13 Å². The molecule has 0 fully saturated rings. The number of hydrogen-bond acceptors (Lipinski definition) is 6. The molecule has 0 radical (unpaired) electrons. The molecule has 2 aromatic carbocycles. The van der Waals surface area contributed by atoms with Crippen LogP contribution >= 0.6 is 11.3 Å². The molecule has 0 aliphatic carbocycles. The SMILES string of the molecule is COc1ccc(OC)c2sc(N(Cc3ccccn3)C(=O)c3ccc(C)cc3)nc12. The molecule has 0 unspecified atom stereocenters. The van der Waals surface area contributed by atoms with Crippen LogP contribution in [-0.2, 0) is 6.54 Å². The van der Waals surface area contributed by atoms with E-state index >= 15 is 0 Å². The number of methoxy groups -OCH3 is 2. The number of benzene rings is 2. The predicted octanol–water partition coefficient (Wildman–Crippen LogP) is 4.86. The second kappa shape index (κ2) is 8.51. The summed E-state index contributed by atoms with van der Waals surface area (Å²) >= 11 is 1.39. The van der Waals surface area contributed by atoms with Gasteiger partial charge in [-0.2, -0.15) is 0 Å². The van der Waals surface area contributed by atoms with Crippen LogP contribution in [0.4, 0.5) is 5.13 Å². The molecular weight excluding hydrogens is 398 g/mol. The number of amides is 1. The average molecular weight is 420 g/mol. The summed E-state index contributed by atoms with van der Waals surface area (Å²) in [5, 5.41) is 0.559. The molecular formula is C23H21N3O3S. The van der Waals surface area contributed by atoms with Crippen molar-refractivity contribution in [3.63, 3.8) is 0 Å². The monoisotopic (exact) mass is 419 g/mol. The highest BCUT2D eigenvalue weighted by Crippen LogP contribution is 2.40. The van der Waals surface area contributed by atoms with E-state index in [1.165, 1.54) is 11.3 Å². The summed E-state index contributed by atoms with van der Waals surface area (Å²) in [6.45, 7) is 2.30. The number of nitrogens with zero attached hydrogens (tertiary/aromatic N) is 3. The molecule has 152 valence electrons. The van der Waals surface area contributed by atoms with E-state index in [-0.39, 0.29) is 5.91 Å². The number of rotatable bonds is 6. The van der Waals surface area contributed by atoms with Crippen LogP contribution in [-0.4, -0.2) is 30.1 Å². The number of fused-ring (bicyclic) bond motifs is 1. The number of hydrogen-bond donors (Lipinski definition) is 0. The lowest BCUT2D eigenvalue weighted by molar-refractivity contribution is 0.0985. The first kappa shape index (κ1) is 19.8. The molecule has 7 heteroatoms. The molecule has 2 heterocycles. The highest BCUT2D eigenvalue weighted by atomic mass is 32.1. The Morgan fingerprint density at radius 3 is 2.40 bits per heavy atom. The van der Waals surface area contributed by atoms with Crippen LogP contribution in [0.25, 0.3) is 10.2 Å². The Labute approximate surface area is 178 Å². The first-order valence-electron chi connectivity index (χ1n) is 9.40. The Balaban J connectivity index is 1.82. The summed E-state index contributed by atoms with van der Waals surface area (Å²) < 4.78 is 11.8. The molecule has 4 aromatic rings. The lowest BCUT2D eigenvalue weighted by Gasteiger charge is -2.19. The van der Waals surface area contributed by atoms with E-state index in [0.29, 0.717) is 34.3 Å². The highest BCUT2D eigenvalue weighted by Gasteiger charge is 2.24. The number of anilines is 1. The van der Waals surface area contributed by atoms with Gasteiger partial charge in [-0.15, -0.1) is 0 Å². The van der Waals surface area contributed by atoms with Crippen LogP contribution in [0.3, 0.4) is 0 Å². The van der Waals surface area contributed by atoms with Gasteiger partial charge >= 0.3 is 0 Å². The highest BCUT2D eigenvalue weighted by molar-refractivity contribution is 7.22. The fourth-order valence-electron chi connectivity index (χ4n) is 3.12. The number of thiazole rings is 1. The van der Waals surface area contributed by atoms with Crippen molar-refractivity contribution in [2.24, 2.45) is 0 Å². The lowest BCUT2D eigenvalue weighted by Crippen LogP contribution is -2.30. The minimum atomic E-state index is -0.141. The number of carbonyl (C=O) groups excluding carboxylic acids is 1. The molecule has 0 bridgehead atoms. The first-order valence-corrected chi connectivity index (χ1v) is 10.2. The van der Waals surface area contributed by atoms with Gasteiger partial charge in [0.25, 0.3) is 5.91 Å². The van der Waals surface area contributed by atoms with Crippen molar-refractivity contribution >= 4 is 32.6 Å². The van der Waals surface area contributed by atoms with Crippen molar-refractivity contribution < 1.29 is 14.3 Å². The molecule has 0 spiro atoms. The summed E-state index contributed by atoms with van der Waals surface area (Å²) in [5.41, 5.74) is 3.13. The van der Waals surface area contributed by atoms with Crippen LogP contribution in [0.15, 0.2) is 60.8 Å². The van der Waals surface area contributed by atoms with Crippen molar-refractivity contribution in [2.45, 2.75) is 13.5 Å². The minimum absolute atomic E-state index is 0.141. The van der Waals surface area contributed by atoms with Crippen molar-refractivity contribution in [3.05, 3.63) is 77.6 Å². The van der Waals surface area contributed by atoms with Crippen LogP contribution in [0.1, 0.15) is 21.6 Å². The molecule has 0 N–H and O–H groups in total. The van der Waals surface area contributed by atoms with Crippen molar-refractivity contribution in [2.75, 3.05) is 19.1 Å².